The quantitative estimate of drug-likeness (QED) is 0.314. The topological polar surface area (TPSA) is 126 Å². The molecule has 5 atom stereocenters. The van der Waals surface area contributed by atoms with E-state index in [-0.39, 0.29) is 35.6 Å². The number of nitrogens with one attached hydrogen (secondary N) is 2. The molecule has 2 saturated carbocycles. The zero-order chi connectivity index (χ0) is 31.5. The summed E-state index contributed by atoms with van der Waals surface area (Å²) in [5, 5.41) is 16.5. The van der Waals surface area contributed by atoms with Crippen molar-refractivity contribution < 1.29 is 13.9 Å². The number of ether oxygens (including phenoxy) is 1. The molecule has 0 radical (unpaired) electrons. The fourth-order valence-electron chi connectivity index (χ4n) is 8.19. The van der Waals surface area contributed by atoms with Crippen molar-refractivity contribution in [1.29, 1.82) is 0 Å². The van der Waals surface area contributed by atoms with Gasteiger partial charge in [0.2, 0.25) is 11.9 Å². The summed E-state index contributed by atoms with van der Waals surface area (Å²) in [6, 6.07) is 5.54. The van der Waals surface area contributed by atoms with E-state index in [0.29, 0.717) is 49.3 Å². The Kier molecular flexibility index (Phi) is 5.88. The van der Waals surface area contributed by atoms with Gasteiger partial charge in [0.05, 0.1) is 59.8 Å². The molecule has 3 aliphatic heterocycles. The Morgan fingerprint density at radius 1 is 1.17 bits per heavy atom. The van der Waals surface area contributed by atoms with Crippen molar-refractivity contribution in [2.75, 3.05) is 11.9 Å². The number of carbonyl (C=O) groups excluding carboxylic acids is 1. The first kappa shape index (κ1) is 27.8. The Morgan fingerprint density at radius 3 is 2.80 bits per heavy atom. The molecule has 2 unspecified atom stereocenters. The van der Waals surface area contributed by atoms with Gasteiger partial charge >= 0.3 is 5.69 Å². The summed E-state index contributed by atoms with van der Waals surface area (Å²) in [5.41, 5.74) is 4.03. The summed E-state index contributed by atoms with van der Waals surface area (Å²) in [5.74, 6) is -0.123. The lowest BCUT2D eigenvalue weighted by atomic mass is 9.77. The van der Waals surface area contributed by atoms with Gasteiger partial charge in [0.15, 0.2) is 0 Å². The number of benzene rings is 1. The third kappa shape index (κ3) is 4.03. The summed E-state index contributed by atoms with van der Waals surface area (Å²) in [6.45, 7) is 3.02. The number of imidazole rings is 1. The van der Waals surface area contributed by atoms with Gasteiger partial charge < -0.3 is 15.4 Å². The Bertz CT molecular complexity index is 2120. The summed E-state index contributed by atoms with van der Waals surface area (Å²) >= 11 is 0. The minimum Gasteiger partial charge on any atom is -0.374 e. The first-order valence-corrected chi connectivity index (χ1v) is 16.1. The molecule has 6 bridgehead atoms. The van der Waals surface area contributed by atoms with Crippen molar-refractivity contribution >= 4 is 33.7 Å². The molecule has 4 aromatic heterocycles. The highest BCUT2D eigenvalue weighted by Gasteiger charge is 2.47. The predicted octanol–water partition coefficient (Wildman–Crippen LogP) is 3.66. The van der Waals surface area contributed by atoms with E-state index in [4.69, 9.17) is 9.72 Å². The number of halogens is 1. The Hall–Kier alpha value is -4.52. The highest BCUT2D eigenvalue weighted by atomic mass is 19.1. The van der Waals surface area contributed by atoms with Gasteiger partial charge in [-0.25, -0.2) is 9.78 Å². The number of hydrogen-bond acceptors (Lipinski definition) is 7. The Balaban J connectivity index is 1.27. The molecule has 2 fully saturated rings. The van der Waals surface area contributed by atoms with Crippen LogP contribution in [0.2, 0.25) is 0 Å². The number of nitrogens with zero attached hydrogens (tertiary/aromatic N) is 7. The summed E-state index contributed by atoms with van der Waals surface area (Å²) in [6.07, 6.45) is 8.71. The zero-order valence-electron chi connectivity index (χ0n) is 26.0. The molecule has 2 aliphatic carbocycles. The van der Waals surface area contributed by atoms with Gasteiger partial charge in [0, 0.05) is 54.7 Å². The summed E-state index contributed by atoms with van der Waals surface area (Å²) < 4.78 is 29.0. The third-order valence-corrected chi connectivity index (χ3v) is 10.8. The van der Waals surface area contributed by atoms with Crippen molar-refractivity contribution in [1.82, 2.24) is 39.0 Å². The second kappa shape index (κ2) is 9.74. The second-order valence-corrected chi connectivity index (χ2v) is 13.8. The SMILES string of the molecule is Cn1cc(C2Nc3ncc4c5c3C2c2ccc3c(cnn3CCO[C@H]3C[C@H](CC[C@@]3(C)NC(=O)C3CC3)n5c(=O)n4C)c2)c(F)n1. The van der Waals surface area contributed by atoms with E-state index in [1.165, 1.54) is 4.68 Å². The fourth-order valence-corrected chi connectivity index (χ4v) is 8.19. The lowest BCUT2D eigenvalue weighted by Crippen LogP contribution is -2.59. The monoisotopic (exact) mass is 625 g/mol. The predicted molar refractivity (Wildman–Crippen MR) is 168 cm³/mol. The molecule has 2 N–H and O–H groups in total. The average molecular weight is 626 g/mol. The molecule has 10 rings (SSSR count). The second-order valence-electron chi connectivity index (χ2n) is 13.8. The number of anilines is 1. The highest BCUT2D eigenvalue weighted by molar-refractivity contribution is 5.88. The molecule has 1 amide bonds. The van der Waals surface area contributed by atoms with Crippen molar-refractivity contribution in [2.24, 2.45) is 20.0 Å². The number of aryl methyl sites for hydroxylation is 2. The minimum atomic E-state index is -0.574. The molecule has 0 saturated heterocycles. The summed E-state index contributed by atoms with van der Waals surface area (Å²) in [4.78, 5) is 32.0. The zero-order valence-corrected chi connectivity index (χ0v) is 26.0. The van der Waals surface area contributed by atoms with E-state index in [9.17, 15) is 9.59 Å². The van der Waals surface area contributed by atoms with Crippen molar-refractivity contribution in [3.05, 3.63) is 69.9 Å². The van der Waals surface area contributed by atoms with E-state index < -0.39 is 17.5 Å². The van der Waals surface area contributed by atoms with Crippen molar-refractivity contribution in [3.63, 3.8) is 0 Å². The highest BCUT2D eigenvalue weighted by Crippen LogP contribution is 2.51. The molecule has 12 nitrogen and oxygen atoms in total. The normalized spacial score (nSPS) is 27.2. The van der Waals surface area contributed by atoms with Crippen LogP contribution >= 0.6 is 0 Å². The molecule has 0 spiro atoms. The molecular formula is C33H36FN9O3. The number of amides is 1. The lowest BCUT2D eigenvalue weighted by molar-refractivity contribution is -0.128. The van der Waals surface area contributed by atoms with Gasteiger partial charge in [-0.3, -0.25) is 23.3 Å². The molecular weight excluding hydrogens is 589 g/mol. The van der Waals surface area contributed by atoms with Crippen LogP contribution < -0.4 is 16.3 Å². The van der Waals surface area contributed by atoms with Crippen LogP contribution in [0.1, 0.15) is 73.7 Å². The maximum absolute atomic E-state index is 15.4. The van der Waals surface area contributed by atoms with E-state index in [1.807, 2.05) is 15.4 Å². The van der Waals surface area contributed by atoms with Gasteiger partial charge in [0.25, 0.3) is 0 Å². The fraction of sp³-hybridized carbons (Fsp3) is 0.485. The molecule has 5 aromatic rings. The number of rotatable bonds is 3. The standard InChI is InChI=1S/C33H36FN9O3/c1-33(38-31(44)17-4-5-17)9-8-20-13-24(33)46-11-10-42-22-7-6-18(12-19(22)14-36-42)25-26-28-23(41(3)32(45)43(20)28)15-35-30(26)37-27(25)21-16-40(2)39-29(21)34/h6-7,12,14-17,20,24-25,27H,4-5,8-11,13H2,1-3H3,(H,35,37)(H,38,44)/t20-,24-,25?,27?,33+/m0/s1. The Morgan fingerprint density at radius 2 is 2.02 bits per heavy atom. The largest absolute Gasteiger partial charge is 0.374 e. The van der Waals surface area contributed by atoms with Crippen LogP contribution in [0.15, 0.2) is 41.6 Å². The van der Waals surface area contributed by atoms with E-state index in [2.05, 4.69) is 46.0 Å². The van der Waals surface area contributed by atoms with E-state index >= 15 is 4.39 Å². The van der Waals surface area contributed by atoms with Gasteiger partial charge in [-0.1, -0.05) is 6.07 Å². The number of hydrogen-bond donors (Lipinski definition) is 2. The van der Waals surface area contributed by atoms with Crippen LogP contribution in [0.5, 0.6) is 0 Å². The third-order valence-electron chi connectivity index (χ3n) is 10.8. The number of pyridine rings is 1. The van der Waals surface area contributed by atoms with Crippen LogP contribution in [0.4, 0.5) is 10.2 Å². The molecule has 5 aliphatic rings. The van der Waals surface area contributed by atoms with Crippen molar-refractivity contribution in [3.8, 4) is 0 Å². The maximum atomic E-state index is 15.4. The van der Waals surface area contributed by atoms with Crippen LogP contribution in [0.3, 0.4) is 0 Å². The lowest BCUT2D eigenvalue weighted by Gasteiger charge is -2.45. The van der Waals surface area contributed by atoms with Gasteiger partial charge in [-0.15, -0.1) is 5.10 Å². The summed E-state index contributed by atoms with van der Waals surface area (Å²) in [7, 11) is 3.49. The van der Waals surface area contributed by atoms with E-state index in [1.54, 1.807) is 31.1 Å². The van der Waals surface area contributed by atoms with Crippen molar-refractivity contribution in [2.45, 2.75) is 75.2 Å². The number of carbonyl (C=O) groups is 1. The van der Waals surface area contributed by atoms with Gasteiger partial charge in [0.1, 0.15) is 5.82 Å². The molecule has 238 valence electrons. The number of aromatic nitrogens is 7. The van der Waals surface area contributed by atoms with Gasteiger partial charge in [-0.05, 0) is 56.7 Å². The first-order valence-electron chi connectivity index (χ1n) is 16.1. The maximum Gasteiger partial charge on any atom is 0.329 e. The molecule has 46 heavy (non-hydrogen) atoms. The van der Waals surface area contributed by atoms with Gasteiger partial charge in [-0.2, -0.15) is 9.49 Å². The minimum absolute atomic E-state index is 0.0785. The van der Waals surface area contributed by atoms with Crippen LogP contribution in [0, 0.1) is 11.9 Å². The molecule has 1 aromatic carbocycles. The van der Waals surface area contributed by atoms with Crippen LogP contribution in [-0.4, -0.2) is 57.8 Å². The molecule has 13 heteroatoms. The molecule has 7 heterocycles. The smallest absolute Gasteiger partial charge is 0.329 e. The first-order chi connectivity index (χ1) is 22.2. The average Bonchev–Trinajstić information content (AvgIpc) is 3.48. The number of fused-ring (bicyclic) bond motifs is 3. The van der Waals surface area contributed by atoms with Crippen LogP contribution in [-0.2, 0) is 30.2 Å². The Labute approximate surface area is 263 Å². The van der Waals surface area contributed by atoms with Crippen LogP contribution in [0.25, 0.3) is 21.9 Å². The van der Waals surface area contributed by atoms with E-state index in [0.717, 1.165) is 40.4 Å².